The molecule has 2 rings (SSSR count). The molecule has 1 aromatic heterocycles. The molecule has 1 N–H and O–H groups in total. The van der Waals surface area contributed by atoms with E-state index >= 15 is 0 Å². The standard InChI is InChI=1S/C15H11NO2S/c16-10-12(15(18)14-2-1-9-19-14)6-3-11-4-7-13(17)8-5-11/h1-9,12,17H. The smallest absolute Gasteiger partial charge is 0.193 e. The Morgan fingerprint density at radius 1 is 1.32 bits per heavy atom. The monoisotopic (exact) mass is 269 g/mol. The van der Waals surface area contributed by atoms with E-state index in [0.29, 0.717) is 4.88 Å². The van der Waals surface area contributed by atoms with E-state index in [2.05, 4.69) is 0 Å². The molecule has 94 valence electrons. The number of ketones is 1. The topological polar surface area (TPSA) is 61.1 Å². The Morgan fingerprint density at radius 2 is 2.05 bits per heavy atom. The van der Waals surface area contributed by atoms with Gasteiger partial charge in [-0.15, -0.1) is 11.3 Å². The minimum absolute atomic E-state index is 0.184. The normalized spacial score (nSPS) is 12.2. The van der Waals surface area contributed by atoms with Crippen LogP contribution in [0.4, 0.5) is 0 Å². The van der Waals surface area contributed by atoms with Crippen molar-refractivity contribution in [2.24, 2.45) is 5.92 Å². The summed E-state index contributed by atoms with van der Waals surface area (Å²) in [7, 11) is 0. The Morgan fingerprint density at radius 3 is 2.63 bits per heavy atom. The highest BCUT2D eigenvalue weighted by Gasteiger charge is 2.17. The molecule has 2 aromatic rings. The van der Waals surface area contributed by atoms with E-state index in [1.165, 1.54) is 11.3 Å². The van der Waals surface area contributed by atoms with Crippen LogP contribution in [0.25, 0.3) is 6.08 Å². The summed E-state index contributed by atoms with van der Waals surface area (Å²) >= 11 is 1.33. The van der Waals surface area contributed by atoms with Crippen molar-refractivity contribution in [3.05, 3.63) is 58.3 Å². The van der Waals surface area contributed by atoms with Crippen molar-refractivity contribution in [3.8, 4) is 11.8 Å². The molecule has 0 saturated heterocycles. The zero-order chi connectivity index (χ0) is 13.7. The lowest BCUT2D eigenvalue weighted by molar-refractivity contribution is 0.0972. The quantitative estimate of drug-likeness (QED) is 0.864. The number of nitriles is 1. The Balaban J connectivity index is 2.14. The first-order valence-corrected chi connectivity index (χ1v) is 6.53. The summed E-state index contributed by atoms with van der Waals surface area (Å²) < 4.78 is 0. The number of carbonyl (C=O) groups is 1. The first-order valence-electron chi connectivity index (χ1n) is 5.65. The summed E-state index contributed by atoms with van der Waals surface area (Å²) in [5.74, 6) is -0.788. The predicted molar refractivity (Wildman–Crippen MR) is 74.9 cm³/mol. The van der Waals surface area contributed by atoms with Crippen molar-refractivity contribution >= 4 is 23.2 Å². The molecule has 0 amide bonds. The number of allylic oxidation sites excluding steroid dienone is 1. The average Bonchev–Trinajstić information content (AvgIpc) is 2.95. The first-order chi connectivity index (χ1) is 9.20. The van der Waals surface area contributed by atoms with Crippen LogP contribution in [-0.2, 0) is 0 Å². The van der Waals surface area contributed by atoms with Crippen LogP contribution in [0.2, 0.25) is 0 Å². The summed E-state index contributed by atoms with van der Waals surface area (Å²) in [4.78, 5) is 12.6. The number of Topliss-reactive ketones (excluding diaryl/α,β-unsaturated/α-hetero) is 1. The maximum Gasteiger partial charge on any atom is 0.193 e. The largest absolute Gasteiger partial charge is 0.508 e. The minimum Gasteiger partial charge on any atom is -0.508 e. The Bertz CT molecular complexity index is 621. The van der Waals surface area contributed by atoms with Gasteiger partial charge < -0.3 is 5.11 Å². The van der Waals surface area contributed by atoms with E-state index in [9.17, 15) is 4.79 Å². The zero-order valence-corrected chi connectivity index (χ0v) is 10.8. The highest BCUT2D eigenvalue weighted by molar-refractivity contribution is 7.12. The van der Waals surface area contributed by atoms with E-state index in [4.69, 9.17) is 10.4 Å². The van der Waals surface area contributed by atoms with E-state index < -0.39 is 5.92 Å². The van der Waals surface area contributed by atoms with Crippen molar-refractivity contribution in [1.29, 1.82) is 5.26 Å². The van der Waals surface area contributed by atoms with Gasteiger partial charge in [0.05, 0.1) is 10.9 Å². The van der Waals surface area contributed by atoms with E-state index in [1.54, 1.807) is 48.6 Å². The van der Waals surface area contributed by atoms with Crippen LogP contribution in [0.5, 0.6) is 5.75 Å². The minimum atomic E-state index is -0.785. The molecule has 0 radical (unpaired) electrons. The molecule has 0 aliphatic heterocycles. The third-order valence-corrected chi connectivity index (χ3v) is 3.44. The lowest BCUT2D eigenvalue weighted by Crippen LogP contribution is -2.08. The van der Waals surface area contributed by atoms with Crippen molar-refractivity contribution in [1.82, 2.24) is 0 Å². The molecular formula is C15H11NO2S. The number of carbonyl (C=O) groups excluding carboxylic acids is 1. The molecule has 1 aromatic carbocycles. The third kappa shape index (κ3) is 3.30. The number of thiophene rings is 1. The molecule has 19 heavy (non-hydrogen) atoms. The lowest BCUT2D eigenvalue weighted by atomic mass is 10.0. The highest BCUT2D eigenvalue weighted by Crippen LogP contribution is 2.17. The van der Waals surface area contributed by atoms with Crippen molar-refractivity contribution in [2.45, 2.75) is 0 Å². The molecule has 0 bridgehead atoms. The van der Waals surface area contributed by atoms with Crippen LogP contribution in [0.15, 0.2) is 47.9 Å². The summed E-state index contributed by atoms with van der Waals surface area (Å²) in [6, 6.07) is 12.0. The predicted octanol–water partition coefficient (Wildman–Crippen LogP) is 3.49. The van der Waals surface area contributed by atoms with Gasteiger partial charge in [0.1, 0.15) is 11.7 Å². The number of phenols is 1. The van der Waals surface area contributed by atoms with Crippen molar-refractivity contribution in [2.75, 3.05) is 0 Å². The van der Waals surface area contributed by atoms with E-state index in [0.717, 1.165) is 5.56 Å². The first kappa shape index (κ1) is 13.1. The van der Waals surface area contributed by atoms with Crippen LogP contribution < -0.4 is 0 Å². The molecule has 4 heteroatoms. The van der Waals surface area contributed by atoms with Crippen LogP contribution in [0.3, 0.4) is 0 Å². The number of hydrogen-bond donors (Lipinski definition) is 1. The van der Waals surface area contributed by atoms with Crippen molar-refractivity contribution < 1.29 is 9.90 Å². The fourth-order valence-corrected chi connectivity index (χ4v) is 2.26. The number of rotatable bonds is 4. The van der Waals surface area contributed by atoms with Gasteiger partial charge in [-0.2, -0.15) is 5.26 Å². The summed E-state index contributed by atoms with van der Waals surface area (Å²) in [5.41, 5.74) is 0.831. The summed E-state index contributed by atoms with van der Waals surface area (Å²) in [6.07, 6.45) is 3.28. The van der Waals surface area contributed by atoms with Gasteiger partial charge in [-0.1, -0.05) is 30.4 Å². The van der Waals surface area contributed by atoms with E-state index in [1.807, 2.05) is 11.4 Å². The number of aromatic hydroxyl groups is 1. The van der Waals surface area contributed by atoms with Gasteiger partial charge in [0.25, 0.3) is 0 Å². The van der Waals surface area contributed by atoms with Crippen LogP contribution in [0, 0.1) is 17.2 Å². The third-order valence-electron chi connectivity index (χ3n) is 2.56. The zero-order valence-electron chi connectivity index (χ0n) is 9.98. The molecule has 0 fully saturated rings. The highest BCUT2D eigenvalue weighted by atomic mass is 32.1. The Kier molecular flexibility index (Phi) is 4.11. The molecule has 0 spiro atoms. The second kappa shape index (κ2) is 5.98. The maximum atomic E-state index is 12.0. The summed E-state index contributed by atoms with van der Waals surface area (Å²) in [6.45, 7) is 0. The van der Waals surface area contributed by atoms with Crippen LogP contribution >= 0.6 is 11.3 Å². The second-order valence-electron chi connectivity index (χ2n) is 3.90. The number of nitrogens with zero attached hydrogens (tertiary/aromatic N) is 1. The molecule has 3 nitrogen and oxygen atoms in total. The molecule has 1 unspecified atom stereocenters. The Labute approximate surface area is 115 Å². The number of benzene rings is 1. The molecule has 1 heterocycles. The van der Waals surface area contributed by atoms with Gasteiger partial charge in [-0.25, -0.2) is 0 Å². The van der Waals surface area contributed by atoms with Gasteiger partial charge in [0.2, 0.25) is 0 Å². The average molecular weight is 269 g/mol. The van der Waals surface area contributed by atoms with Crippen LogP contribution in [-0.4, -0.2) is 10.9 Å². The lowest BCUT2D eigenvalue weighted by Gasteiger charge is -2.00. The van der Waals surface area contributed by atoms with Gasteiger partial charge in [0.15, 0.2) is 5.78 Å². The summed E-state index contributed by atoms with van der Waals surface area (Å²) in [5, 5.41) is 20.0. The van der Waals surface area contributed by atoms with Gasteiger partial charge in [-0.05, 0) is 29.1 Å². The molecule has 0 aliphatic rings. The molecular weight excluding hydrogens is 258 g/mol. The fraction of sp³-hybridized carbons (Fsp3) is 0.0667. The Hall–Kier alpha value is -2.38. The van der Waals surface area contributed by atoms with Gasteiger partial charge in [0, 0.05) is 0 Å². The van der Waals surface area contributed by atoms with Crippen molar-refractivity contribution in [3.63, 3.8) is 0 Å². The fourth-order valence-electron chi connectivity index (χ4n) is 1.55. The SMILES string of the molecule is N#CC(C=Cc1ccc(O)cc1)C(=O)c1cccs1. The maximum absolute atomic E-state index is 12.0. The van der Waals surface area contributed by atoms with Gasteiger partial charge in [-0.3, -0.25) is 4.79 Å². The molecule has 1 atom stereocenters. The molecule has 0 saturated carbocycles. The van der Waals surface area contributed by atoms with E-state index in [-0.39, 0.29) is 11.5 Å². The van der Waals surface area contributed by atoms with Gasteiger partial charge >= 0.3 is 0 Å². The number of phenolic OH excluding ortho intramolecular Hbond substituents is 1. The van der Waals surface area contributed by atoms with Crippen LogP contribution in [0.1, 0.15) is 15.2 Å². The second-order valence-corrected chi connectivity index (χ2v) is 4.85. The number of hydrogen-bond acceptors (Lipinski definition) is 4. The molecule has 0 aliphatic carbocycles.